The molecule has 0 unspecified atom stereocenters. The van der Waals surface area contributed by atoms with Gasteiger partial charge in [0, 0.05) is 44.5 Å². The number of rotatable bonds is 9. The molecule has 39 heavy (non-hydrogen) atoms. The zero-order chi connectivity index (χ0) is 27.2. The standard InChI is InChI=1S/C27H35N9O3/c1-27(2,3)39-26(37)28-8-5-9-36-18-20(16-30-36)31-25-32-23(22-17-29-34-24(22)33-25)15-19-6-4-7-21(14-19)35-10-12-38-13-11-35/h4,6-7,14,16-18H,5,8-13,15H2,1-3H3,(H,28,37)(H2,29,31,32,33,34). The molecule has 0 radical (unpaired) electrons. The van der Waals surface area contributed by atoms with E-state index >= 15 is 0 Å². The van der Waals surface area contributed by atoms with Crippen molar-refractivity contribution in [3.63, 3.8) is 0 Å². The van der Waals surface area contributed by atoms with Gasteiger partial charge in [-0.2, -0.15) is 15.2 Å². The van der Waals surface area contributed by atoms with Crippen LogP contribution in [0.3, 0.4) is 0 Å². The van der Waals surface area contributed by atoms with Crippen molar-refractivity contribution in [1.82, 2.24) is 35.3 Å². The molecule has 0 spiro atoms. The molecular formula is C27H35N9O3. The van der Waals surface area contributed by atoms with Crippen LogP contribution in [0.4, 0.5) is 22.1 Å². The number of aryl methyl sites for hydroxylation is 1. The number of carbonyl (C=O) groups excluding carboxylic acids is 1. The fourth-order valence-corrected chi connectivity index (χ4v) is 4.39. The van der Waals surface area contributed by atoms with E-state index in [1.54, 1.807) is 12.4 Å². The number of anilines is 3. The summed E-state index contributed by atoms with van der Waals surface area (Å²) in [5.41, 5.74) is 4.18. The number of nitrogens with zero attached hydrogens (tertiary/aromatic N) is 6. The van der Waals surface area contributed by atoms with Gasteiger partial charge in [-0.05, 0) is 44.9 Å². The first kappa shape index (κ1) is 26.4. The fraction of sp³-hybridized carbons (Fsp3) is 0.444. The Kier molecular flexibility index (Phi) is 7.92. The van der Waals surface area contributed by atoms with Crippen LogP contribution in [0.15, 0.2) is 42.9 Å². The molecule has 1 amide bonds. The molecule has 1 aliphatic heterocycles. The van der Waals surface area contributed by atoms with Crippen LogP contribution in [-0.4, -0.2) is 74.5 Å². The van der Waals surface area contributed by atoms with Crippen molar-refractivity contribution in [2.24, 2.45) is 0 Å². The van der Waals surface area contributed by atoms with Crippen molar-refractivity contribution in [1.29, 1.82) is 0 Å². The highest BCUT2D eigenvalue weighted by atomic mass is 16.6. The van der Waals surface area contributed by atoms with Crippen LogP contribution < -0.4 is 15.5 Å². The minimum absolute atomic E-state index is 0.416. The third-order valence-corrected chi connectivity index (χ3v) is 6.17. The summed E-state index contributed by atoms with van der Waals surface area (Å²) < 4.78 is 12.6. The Balaban J connectivity index is 1.22. The summed E-state index contributed by atoms with van der Waals surface area (Å²) in [6.07, 6.45) is 6.33. The average molecular weight is 534 g/mol. The highest BCUT2D eigenvalue weighted by molar-refractivity contribution is 5.78. The van der Waals surface area contributed by atoms with E-state index in [0.717, 1.165) is 43.1 Å². The number of amides is 1. The van der Waals surface area contributed by atoms with Gasteiger partial charge in [-0.15, -0.1) is 0 Å². The number of aromatic amines is 1. The van der Waals surface area contributed by atoms with E-state index in [2.05, 4.69) is 60.1 Å². The van der Waals surface area contributed by atoms with Gasteiger partial charge in [0.15, 0.2) is 5.65 Å². The van der Waals surface area contributed by atoms with Gasteiger partial charge in [-0.3, -0.25) is 9.78 Å². The molecule has 1 aliphatic rings. The predicted octanol–water partition coefficient (Wildman–Crippen LogP) is 3.64. The van der Waals surface area contributed by atoms with E-state index in [0.29, 0.717) is 37.5 Å². The van der Waals surface area contributed by atoms with E-state index in [9.17, 15) is 4.79 Å². The van der Waals surface area contributed by atoms with E-state index < -0.39 is 11.7 Å². The maximum Gasteiger partial charge on any atom is 0.407 e. The summed E-state index contributed by atoms with van der Waals surface area (Å²) in [5.74, 6) is 0.470. The number of H-pyrrole nitrogens is 1. The number of ether oxygens (including phenoxy) is 2. The smallest absolute Gasteiger partial charge is 0.407 e. The summed E-state index contributed by atoms with van der Waals surface area (Å²) in [6, 6.07) is 8.56. The Morgan fingerprint density at radius 1 is 1.18 bits per heavy atom. The Hall–Kier alpha value is -4.19. The van der Waals surface area contributed by atoms with Gasteiger partial charge in [0.1, 0.15) is 5.60 Å². The Morgan fingerprint density at radius 2 is 2.03 bits per heavy atom. The maximum atomic E-state index is 11.8. The van der Waals surface area contributed by atoms with Gasteiger partial charge < -0.3 is 25.0 Å². The van der Waals surface area contributed by atoms with Crippen LogP contribution >= 0.6 is 0 Å². The van der Waals surface area contributed by atoms with E-state index in [1.165, 1.54) is 11.3 Å². The van der Waals surface area contributed by atoms with E-state index in [4.69, 9.17) is 14.5 Å². The van der Waals surface area contributed by atoms with Crippen LogP contribution in [0.1, 0.15) is 38.4 Å². The first-order valence-electron chi connectivity index (χ1n) is 13.2. The molecule has 206 valence electrons. The first-order chi connectivity index (χ1) is 18.8. The molecule has 1 fully saturated rings. The highest BCUT2D eigenvalue weighted by Crippen LogP contribution is 2.23. The number of aromatic nitrogens is 6. The summed E-state index contributed by atoms with van der Waals surface area (Å²) >= 11 is 0. The molecule has 4 heterocycles. The number of hydrogen-bond acceptors (Lipinski definition) is 9. The van der Waals surface area contributed by atoms with Gasteiger partial charge in [-0.25, -0.2) is 9.78 Å². The van der Waals surface area contributed by atoms with Gasteiger partial charge in [-0.1, -0.05) is 12.1 Å². The molecule has 3 aromatic heterocycles. The molecule has 1 saturated heterocycles. The van der Waals surface area contributed by atoms with Gasteiger partial charge >= 0.3 is 6.09 Å². The van der Waals surface area contributed by atoms with Gasteiger partial charge in [0.25, 0.3) is 0 Å². The molecule has 0 atom stereocenters. The maximum absolute atomic E-state index is 11.8. The van der Waals surface area contributed by atoms with Crippen molar-refractivity contribution in [2.45, 2.75) is 45.8 Å². The minimum atomic E-state index is -0.513. The van der Waals surface area contributed by atoms with Crippen molar-refractivity contribution >= 4 is 34.4 Å². The number of hydrogen-bond donors (Lipinski definition) is 3. The second kappa shape index (κ2) is 11.7. The second-order valence-corrected chi connectivity index (χ2v) is 10.5. The molecule has 12 heteroatoms. The van der Waals surface area contributed by atoms with E-state index in [-0.39, 0.29) is 0 Å². The number of benzene rings is 1. The van der Waals surface area contributed by atoms with Crippen molar-refractivity contribution in [3.8, 4) is 0 Å². The van der Waals surface area contributed by atoms with Crippen LogP contribution in [0.5, 0.6) is 0 Å². The first-order valence-corrected chi connectivity index (χ1v) is 13.2. The number of morpholine rings is 1. The highest BCUT2D eigenvalue weighted by Gasteiger charge is 2.16. The van der Waals surface area contributed by atoms with Crippen LogP contribution in [0, 0.1) is 0 Å². The van der Waals surface area contributed by atoms with Gasteiger partial charge in [0.2, 0.25) is 5.95 Å². The van der Waals surface area contributed by atoms with Crippen LogP contribution in [0.2, 0.25) is 0 Å². The lowest BCUT2D eigenvalue weighted by Gasteiger charge is -2.29. The molecular weight excluding hydrogens is 498 g/mol. The summed E-state index contributed by atoms with van der Waals surface area (Å²) in [5, 5.41) is 18.5. The minimum Gasteiger partial charge on any atom is -0.444 e. The quantitative estimate of drug-likeness (QED) is 0.276. The van der Waals surface area contributed by atoms with Crippen molar-refractivity contribution in [3.05, 3.63) is 54.1 Å². The lowest BCUT2D eigenvalue weighted by atomic mass is 10.1. The van der Waals surface area contributed by atoms with Crippen molar-refractivity contribution < 1.29 is 14.3 Å². The average Bonchev–Trinajstić information content (AvgIpc) is 3.56. The summed E-state index contributed by atoms with van der Waals surface area (Å²) in [4.78, 5) is 23.6. The molecule has 0 saturated carbocycles. The van der Waals surface area contributed by atoms with Gasteiger partial charge in [0.05, 0.1) is 42.4 Å². The Morgan fingerprint density at radius 3 is 2.85 bits per heavy atom. The topological polar surface area (TPSA) is 135 Å². The van der Waals surface area contributed by atoms with Crippen molar-refractivity contribution in [2.75, 3.05) is 43.1 Å². The fourth-order valence-electron chi connectivity index (χ4n) is 4.39. The Labute approximate surface area is 227 Å². The molecule has 0 bridgehead atoms. The lowest BCUT2D eigenvalue weighted by Crippen LogP contribution is -2.36. The van der Waals surface area contributed by atoms with E-state index in [1.807, 2.05) is 31.6 Å². The largest absolute Gasteiger partial charge is 0.444 e. The number of nitrogens with one attached hydrogen (secondary N) is 3. The number of fused-ring (bicyclic) bond motifs is 1. The zero-order valence-corrected chi connectivity index (χ0v) is 22.6. The molecule has 4 aromatic rings. The molecule has 3 N–H and O–H groups in total. The third kappa shape index (κ3) is 7.23. The number of carbonyl (C=O) groups is 1. The lowest BCUT2D eigenvalue weighted by molar-refractivity contribution is 0.0526. The molecule has 12 nitrogen and oxygen atoms in total. The summed E-state index contributed by atoms with van der Waals surface area (Å²) in [6.45, 7) is 9.94. The normalized spacial score (nSPS) is 14.0. The molecule has 0 aliphatic carbocycles. The monoisotopic (exact) mass is 533 g/mol. The zero-order valence-electron chi connectivity index (χ0n) is 22.6. The molecule has 1 aromatic carbocycles. The Bertz CT molecular complexity index is 1400. The van der Waals surface area contributed by atoms with Crippen LogP contribution in [0.25, 0.3) is 11.0 Å². The SMILES string of the molecule is CC(C)(C)OC(=O)NCCCn1cc(Nc2nc(Cc3cccc(N4CCOCC4)c3)c3cn[nH]c3n2)cn1. The summed E-state index contributed by atoms with van der Waals surface area (Å²) in [7, 11) is 0. The predicted molar refractivity (Wildman–Crippen MR) is 148 cm³/mol. The second-order valence-electron chi connectivity index (χ2n) is 10.5. The number of alkyl carbamates (subject to hydrolysis) is 1. The third-order valence-electron chi connectivity index (χ3n) is 6.17. The van der Waals surface area contributed by atoms with Crippen LogP contribution in [-0.2, 0) is 22.4 Å². The molecule has 5 rings (SSSR count).